The molecule has 0 radical (unpaired) electrons. The maximum absolute atomic E-state index is 5.53. The average Bonchev–Trinajstić information content (AvgIpc) is 2.73. The Morgan fingerprint density at radius 3 is 3.19 bits per heavy atom. The number of hydrogen-bond acceptors (Lipinski definition) is 5. The lowest BCUT2D eigenvalue weighted by Gasteiger charge is -2.20. The Balaban J connectivity index is 2.24. The first-order valence-corrected chi connectivity index (χ1v) is 5.37. The quantitative estimate of drug-likeness (QED) is 0.375. The number of hydrazone groups is 1. The summed E-state index contributed by atoms with van der Waals surface area (Å²) < 4.78 is 5.53. The van der Waals surface area contributed by atoms with Crippen LogP contribution >= 0.6 is 0 Å². The number of ether oxygens (including phenoxy) is 1. The zero-order chi connectivity index (χ0) is 11.8. The summed E-state index contributed by atoms with van der Waals surface area (Å²) in [4.78, 5) is 2.24. The highest BCUT2D eigenvalue weighted by Gasteiger charge is 2.23. The summed E-state index contributed by atoms with van der Waals surface area (Å²) in [7, 11) is 1.92. The minimum atomic E-state index is 0.233. The van der Waals surface area contributed by atoms with Crippen LogP contribution in [0.3, 0.4) is 0 Å². The van der Waals surface area contributed by atoms with Crippen LogP contribution in [-0.4, -0.2) is 44.4 Å². The lowest BCUT2D eigenvalue weighted by Crippen LogP contribution is -2.27. The van der Waals surface area contributed by atoms with Crippen LogP contribution in [0.1, 0.15) is 6.42 Å². The Kier molecular flexibility index (Phi) is 5.42. The van der Waals surface area contributed by atoms with Gasteiger partial charge >= 0.3 is 0 Å². The van der Waals surface area contributed by atoms with Crippen LogP contribution in [0.5, 0.6) is 0 Å². The molecule has 0 bridgehead atoms. The van der Waals surface area contributed by atoms with E-state index in [1.807, 2.05) is 7.05 Å². The molecule has 1 heterocycles. The van der Waals surface area contributed by atoms with E-state index < -0.39 is 0 Å². The van der Waals surface area contributed by atoms with Crippen molar-refractivity contribution >= 4 is 6.72 Å². The summed E-state index contributed by atoms with van der Waals surface area (Å²) in [5.41, 5.74) is 3.71. The molecule has 1 aliphatic heterocycles. The Morgan fingerprint density at radius 2 is 2.50 bits per heavy atom. The molecule has 1 fully saturated rings. The third-order valence-electron chi connectivity index (χ3n) is 2.48. The third-order valence-corrected chi connectivity index (χ3v) is 2.48. The van der Waals surface area contributed by atoms with Crippen LogP contribution in [0.25, 0.3) is 0 Å². The molecule has 0 spiro atoms. The van der Waals surface area contributed by atoms with Gasteiger partial charge in [0.15, 0.2) is 0 Å². The SMILES string of the molecule is C=NN/C=C/O[C@@H]1CCN(C(=C)CNC)C1. The third kappa shape index (κ3) is 3.94. The van der Waals surface area contributed by atoms with E-state index in [0.29, 0.717) is 0 Å². The zero-order valence-electron chi connectivity index (χ0n) is 9.78. The standard InChI is InChI=1S/C11H20N4O/c1-10(8-12-2)15-6-4-11(9-15)16-7-5-14-13-3/h5,7,11-12,14H,1,3-4,6,8-9H2,2H3/b7-5+/t11-/m1/s1. The fourth-order valence-corrected chi connectivity index (χ4v) is 1.68. The van der Waals surface area contributed by atoms with E-state index in [0.717, 1.165) is 31.8 Å². The van der Waals surface area contributed by atoms with Gasteiger partial charge < -0.3 is 15.0 Å². The van der Waals surface area contributed by atoms with E-state index in [1.54, 1.807) is 12.5 Å². The molecule has 0 aromatic heterocycles. The molecule has 0 aromatic carbocycles. The molecule has 5 heteroatoms. The summed E-state index contributed by atoms with van der Waals surface area (Å²) in [6.07, 6.45) is 4.49. The van der Waals surface area contributed by atoms with Crippen LogP contribution in [0, 0.1) is 0 Å². The molecule has 0 amide bonds. The number of likely N-dealkylation sites (N-methyl/N-ethyl adjacent to an activating group) is 1. The van der Waals surface area contributed by atoms with Crippen molar-refractivity contribution in [2.24, 2.45) is 5.10 Å². The molecular weight excluding hydrogens is 204 g/mol. The monoisotopic (exact) mass is 224 g/mol. The Labute approximate surface area is 96.8 Å². The summed E-state index contributed by atoms with van der Waals surface area (Å²) in [5.74, 6) is 0. The number of rotatable bonds is 7. The predicted molar refractivity (Wildman–Crippen MR) is 66.0 cm³/mol. The van der Waals surface area contributed by atoms with Crippen molar-refractivity contribution in [1.82, 2.24) is 15.6 Å². The lowest BCUT2D eigenvalue weighted by atomic mass is 10.3. The van der Waals surface area contributed by atoms with Gasteiger partial charge in [-0.05, 0) is 7.05 Å². The van der Waals surface area contributed by atoms with Gasteiger partial charge in [-0.2, -0.15) is 5.10 Å². The van der Waals surface area contributed by atoms with Crippen molar-refractivity contribution in [3.8, 4) is 0 Å². The van der Waals surface area contributed by atoms with Gasteiger partial charge in [-0.25, -0.2) is 0 Å². The van der Waals surface area contributed by atoms with Crippen LogP contribution < -0.4 is 10.7 Å². The summed E-state index contributed by atoms with van der Waals surface area (Å²) in [6, 6.07) is 0. The first kappa shape index (κ1) is 12.6. The Bertz CT molecular complexity index is 265. The second-order valence-electron chi connectivity index (χ2n) is 3.68. The highest BCUT2D eigenvalue weighted by molar-refractivity contribution is 5.22. The number of likely N-dealkylation sites (tertiary alicyclic amines) is 1. The zero-order valence-corrected chi connectivity index (χ0v) is 9.78. The Morgan fingerprint density at radius 1 is 1.69 bits per heavy atom. The molecule has 0 aliphatic carbocycles. The second kappa shape index (κ2) is 6.90. The molecule has 1 saturated heterocycles. The van der Waals surface area contributed by atoms with Crippen LogP contribution in [-0.2, 0) is 4.74 Å². The highest BCUT2D eigenvalue weighted by Crippen LogP contribution is 2.16. The van der Waals surface area contributed by atoms with Crippen molar-refractivity contribution in [3.05, 3.63) is 24.7 Å². The van der Waals surface area contributed by atoms with Crippen LogP contribution in [0.4, 0.5) is 0 Å². The molecule has 0 saturated carbocycles. The van der Waals surface area contributed by atoms with Gasteiger partial charge in [0, 0.05) is 31.9 Å². The van der Waals surface area contributed by atoms with Gasteiger partial charge in [0.1, 0.15) is 12.4 Å². The van der Waals surface area contributed by atoms with Gasteiger partial charge in [-0.15, -0.1) is 0 Å². The number of nitrogens with one attached hydrogen (secondary N) is 2. The van der Waals surface area contributed by atoms with Gasteiger partial charge in [0.2, 0.25) is 0 Å². The molecule has 0 aromatic rings. The predicted octanol–water partition coefficient (Wildman–Crippen LogP) is 0.487. The molecular formula is C11H20N4O. The van der Waals surface area contributed by atoms with Crippen molar-refractivity contribution in [3.63, 3.8) is 0 Å². The van der Waals surface area contributed by atoms with Crippen LogP contribution in [0.2, 0.25) is 0 Å². The number of hydrogen-bond donors (Lipinski definition) is 2. The van der Waals surface area contributed by atoms with Crippen molar-refractivity contribution in [2.45, 2.75) is 12.5 Å². The van der Waals surface area contributed by atoms with Gasteiger partial charge in [-0.1, -0.05) is 6.58 Å². The van der Waals surface area contributed by atoms with Gasteiger partial charge in [0.05, 0.1) is 12.7 Å². The van der Waals surface area contributed by atoms with E-state index in [4.69, 9.17) is 4.74 Å². The molecule has 1 atom stereocenters. The smallest absolute Gasteiger partial charge is 0.117 e. The summed E-state index contributed by atoms with van der Waals surface area (Å²) in [6.45, 7) is 10.0. The Hall–Kier alpha value is -1.49. The van der Waals surface area contributed by atoms with Crippen molar-refractivity contribution in [2.75, 3.05) is 26.7 Å². The van der Waals surface area contributed by atoms with Crippen molar-refractivity contribution < 1.29 is 4.74 Å². The first-order chi connectivity index (χ1) is 7.77. The maximum atomic E-state index is 5.53. The van der Waals surface area contributed by atoms with E-state index in [1.165, 1.54) is 0 Å². The van der Waals surface area contributed by atoms with E-state index >= 15 is 0 Å². The van der Waals surface area contributed by atoms with Crippen molar-refractivity contribution in [1.29, 1.82) is 0 Å². The van der Waals surface area contributed by atoms with Gasteiger partial charge in [0.25, 0.3) is 0 Å². The fourth-order valence-electron chi connectivity index (χ4n) is 1.68. The normalized spacial score (nSPS) is 20.1. The highest BCUT2D eigenvalue weighted by atomic mass is 16.5. The first-order valence-electron chi connectivity index (χ1n) is 5.37. The average molecular weight is 224 g/mol. The second-order valence-corrected chi connectivity index (χ2v) is 3.68. The van der Waals surface area contributed by atoms with E-state index in [9.17, 15) is 0 Å². The minimum Gasteiger partial charge on any atom is -0.495 e. The largest absolute Gasteiger partial charge is 0.495 e. The summed E-state index contributed by atoms with van der Waals surface area (Å²) >= 11 is 0. The maximum Gasteiger partial charge on any atom is 0.117 e. The molecule has 5 nitrogen and oxygen atoms in total. The lowest BCUT2D eigenvalue weighted by molar-refractivity contribution is 0.151. The molecule has 0 unspecified atom stereocenters. The topological polar surface area (TPSA) is 48.9 Å². The molecule has 16 heavy (non-hydrogen) atoms. The molecule has 1 rings (SSSR count). The summed E-state index contributed by atoms with van der Waals surface area (Å²) in [5, 5.41) is 6.56. The van der Waals surface area contributed by atoms with Gasteiger partial charge in [-0.3, -0.25) is 5.43 Å². The van der Waals surface area contributed by atoms with E-state index in [2.05, 4.69) is 34.0 Å². The van der Waals surface area contributed by atoms with E-state index in [-0.39, 0.29) is 6.10 Å². The fraction of sp³-hybridized carbons (Fsp3) is 0.545. The minimum absolute atomic E-state index is 0.233. The number of nitrogens with zero attached hydrogens (tertiary/aromatic N) is 2. The van der Waals surface area contributed by atoms with Crippen LogP contribution in [0.15, 0.2) is 29.8 Å². The molecule has 90 valence electrons. The molecule has 1 aliphatic rings. The molecule has 2 N–H and O–H groups in total.